The van der Waals surface area contributed by atoms with Crippen LogP contribution in [0.1, 0.15) is 23.7 Å². The Morgan fingerprint density at radius 3 is 2.61 bits per heavy atom. The van der Waals surface area contributed by atoms with Gasteiger partial charge in [-0.2, -0.15) is 4.31 Å². The van der Waals surface area contributed by atoms with Crippen molar-refractivity contribution in [3.05, 3.63) is 71.4 Å². The normalized spacial score (nSPS) is 17.4. The van der Waals surface area contributed by atoms with E-state index in [0.29, 0.717) is 13.0 Å². The number of benzene rings is 2. The Morgan fingerprint density at radius 2 is 1.86 bits per heavy atom. The molecular weight excluding hydrogens is 374 g/mol. The molecular formula is C21H23N3O3S. The van der Waals surface area contributed by atoms with Gasteiger partial charge in [0, 0.05) is 17.8 Å². The molecule has 6 nitrogen and oxygen atoms in total. The van der Waals surface area contributed by atoms with Crippen LogP contribution in [0.4, 0.5) is 0 Å². The highest BCUT2D eigenvalue weighted by Crippen LogP contribution is 2.26. The maximum atomic E-state index is 12.9. The lowest BCUT2D eigenvalue weighted by Gasteiger charge is -2.34. The van der Waals surface area contributed by atoms with Gasteiger partial charge in [0.25, 0.3) is 0 Å². The third kappa shape index (κ3) is 3.55. The van der Waals surface area contributed by atoms with Crippen LogP contribution in [-0.4, -0.2) is 35.4 Å². The van der Waals surface area contributed by atoms with Crippen molar-refractivity contribution in [3.8, 4) is 0 Å². The lowest BCUT2D eigenvalue weighted by molar-refractivity contribution is -0.125. The molecule has 0 unspecified atom stereocenters. The topological polar surface area (TPSA) is 82.3 Å². The lowest BCUT2D eigenvalue weighted by atomic mass is 9.95. The molecule has 1 aliphatic rings. The number of nitrogens with one attached hydrogen (secondary N) is 2. The number of nitrogens with zero attached hydrogens (tertiary/aromatic N) is 1. The Bertz CT molecular complexity index is 1090. The van der Waals surface area contributed by atoms with E-state index in [9.17, 15) is 13.2 Å². The Kier molecular flexibility index (Phi) is 4.95. The van der Waals surface area contributed by atoms with Gasteiger partial charge in [0.15, 0.2) is 0 Å². The van der Waals surface area contributed by atoms with Gasteiger partial charge in [0.05, 0.1) is 12.3 Å². The number of hydrogen-bond donors (Lipinski definition) is 2. The van der Waals surface area contributed by atoms with Crippen LogP contribution in [0, 0.1) is 0 Å². The molecule has 1 aromatic heterocycles. The van der Waals surface area contributed by atoms with Crippen LogP contribution in [0.5, 0.6) is 0 Å². The predicted molar refractivity (Wildman–Crippen MR) is 109 cm³/mol. The first-order valence-electron chi connectivity index (χ1n) is 9.38. The van der Waals surface area contributed by atoms with E-state index >= 15 is 0 Å². The molecule has 0 fully saturated rings. The molecule has 0 aliphatic carbocycles. The fourth-order valence-corrected chi connectivity index (χ4v) is 4.93. The molecule has 1 atom stereocenters. The molecule has 2 heterocycles. The molecule has 0 bridgehead atoms. The van der Waals surface area contributed by atoms with Crippen molar-refractivity contribution in [2.45, 2.75) is 32.5 Å². The van der Waals surface area contributed by atoms with Crippen LogP contribution < -0.4 is 5.32 Å². The van der Waals surface area contributed by atoms with Gasteiger partial charge in [-0.3, -0.25) is 4.79 Å². The zero-order valence-corrected chi connectivity index (χ0v) is 16.5. The van der Waals surface area contributed by atoms with Crippen molar-refractivity contribution in [3.63, 3.8) is 0 Å². The molecule has 28 heavy (non-hydrogen) atoms. The smallest absolute Gasteiger partial charge is 0.239 e. The maximum Gasteiger partial charge on any atom is 0.239 e. The van der Waals surface area contributed by atoms with E-state index in [4.69, 9.17) is 0 Å². The van der Waals surface area contributed by atoms with Crippen LogP contribution >= 0.6 is 0 Å². The summed E-state index contributed by atoms with van der Waals surface area (Å²) < 4.78 is 26.6. The van der Waals surface area contributed by atoms with Crippen molar-refractivity contribution in [2.75, 3.05) is 5.75 Å². The lowest BCUT2D eigenvalue weighted by Crippen LogP contribution is -2.52. The molecule has 146 valence electrons. The van der Waals surface area contributed by atoms with Gasteiger partial charge in [-0.25, -0.2) is 8.42 Å². The summed E-state index contributed by atoms with van der Waals surface area (Å²) in [6, 6.07) is 16.9. The molecule has 0 saturated carbocycles. The molecule has 0 saturated heterocycles. The van der Waals surface area contributed by atoms with E-state index < -0.39 is 16.1 Å². The third-order valence-electron chi connectivity index (χ3n) is 5.27. The fourth-order valence-electron chi connectivity index (χ4n) is 3.71. The van der Waals surface area contributed by atoms with Crippen LogP contribution in [0.3, 0.4) is 0 Å². The Balaban J connectivity index is 1.55. The number of carbonyl (C=O) groups excluding carboxylic acids is 1. The van der Waals surface area contributed by atoms with E-state index in [1.807, 2.05) is 54.6 Å². The number of amides is 1. The first-order valence-corrected chi connectivity index (χ1v) is 11.0. The average molecular weight is 398 g/mol. The highest BCUT2D eigenvalue weighted by Gasteiger charge is 2.37. The molecule has 4 rings (SSSR count). The van der Waals surface area contributed by atoms with E-state index in [2.05, 4.69) is 10.3 Å². The average Bonchev–Trinajstić information content (AvgIpc) is 3.14. The minimum Gasteiger partial charge on any atom is -0.357 e. The zero-order valence-electron chi connectivity index (χ0n) is 15.7. The second-order valence-electron chi connectivity index (χ2n) is 7.03. The minimum absolute atomic E-state index is 0.0268. The molecule has 2 N–H and O–H groups in total. The number of fused-ring (bicyclic) bond motifs is 2. The van der Waals surface area contributed by atoms with Crippen LogP contribution in [0.25, 0.3) is 10.9 Å². The van der Waals surface area contributed by atoms with Crippen LogP contribution in [0.15, 0.2) is 54.6 Å². The molecule has 0 radical (unpaired) electrons. The first kappa shape index (κ1) is 18.7. The number of hydrogen-bond acceptors (Lipinski definition) is 3. The number of rotatable bonds is 5. The summed E-state index contributed by atoms with van der Waals surface area (Å²) in [5.41, 5.74) is 3.87. The molecule has 0 spiro atoms. The van der Waals surface area contributed by atoms with Crippen molar-refractivity contribution >= 4 is 26.8 Å². The van der Waals surface area contributed by atoms with Crippen molar-refractivity contribution < 1.29 is 13.2 Å². The van der Waals surface area contributed by atoms with Crippen molar-refractivity contribution in [2.24, 2.45) is 0 Å². The molecule has 2 aromatic carbocycles. The van der Waals surface area contributed by atoms with Gasteiger partial charge in [-0.1, -0.05) is 42.5 Å². The van der Waals surface area contributed by atoms with Gasteiger partial charge in [0.2, 0.25) is 15.9 Å². The number of aromatic nitrogens is 1. The SMILES string of the molecule is CCS(=O)(=O)N1Cc2ccccc2C[C@@H]1C(=O)NCc1cc2ccccc2[nH]1. The van der Waals surface area contributed by atoms with Crippen molar-refractivity contribution in [1.82, 2.24) is 14.6 Å². The largest absolute Gasteiger partial charge is 0.357 e. The van der Waals surface area contributed by atoms with Crippen molar-refractivity contribution in [1.29, 1.82) is 0 Å². The highest BCUT2D eigenvalue weighted by atomic mass is 32.2. The fraction of sp³-hybridized carbons (Fsp3) is 0.286. The third-order valence-corrected chi connectivity index (χ3v) is 7.10. The summed E-state index contributed by atoms with van der Waals surface area (Å²) in [6.45, 7) is 2.16. The van der Waals surface area contributed by atoms with Gasteiger partial charge in [0.1, 0.15) is 6.04 Å². The Morgan fingerprint density at radius 1 is 1.14 bits per heavy atom. The van der Waals surface area contributed by atoms with E-state index in [1.54, 1.807) is 6.92 Å². The molecule has 7 heteroatoms. The second-order valence-corrected chi connectivity index (χ2v) is 9.24. The van der Waals surface area contributed by atoms with E-state index in [0.717, 1.165) is 27.7 Å². The van der Waals surface area contributed by atoms with Gasteiger partial charge < -0.3 is 10.3 Å². The molecule has 1 aliphatic heterocycles. The van der Waals surface area contributed by atoms with Crippen LogP contribution in [0.2, 0.25) is 0 Å². The number of H-pyrrole nitrogens is 1. The standard InChI is InChI=1S/C21H23N3O3S/c1-2-28(26,27)24-14-17-9-4-3-7-15(17)12-20(24)21(25)22-13-18-11-16-8-5-6-10-19(16)23-18/h3-11,20,23H,2,12-14H2,1H3,(H,22,25)/t20-/m1/s1. The van der Waals surface area contributed by atoms with Gasteiger partial charge in [-0.15, -0.1) is 0 Å². The number of carbonyl (C=O) groups is 1. The van der Waals surface area contributed by atoms with Gasteiger partial charge >= 0.3 is 0 Å². The Labute approximate surface area is 164 Å². The van der Waals surface area contributed by atoms with E-state index in [1.165, 1.54) is 4.31 Å². The minimum atomic E-state index is -3.50. The number of sulfonamides is 1. The predicted octanol–water partition coefficient (Wildman–Crippen LogP) is 2.56. The highest BCUT2D eigenvalue weighted by molar-refractivity contribution is 7.89. The maximum absolute atomic E-state index is 12.9. The summed E-state index contributed by atoms with van der Waals surface area (Å²) in [7, 11) is -3.50. The summed E-state index contributed by atoms with van der Waals surface area (Å²) in [5.74, 6) is -0.300. The van der Waals surface area contributed by atoms with Gasteiger partial charge in [-0.05, 0) is 42.0 Å². The van der Waals surface area contributed by atoms with E-state index in [-0.39, 0.29) is 18.2 Å². The zero-order chi connectivity index (χ0) is 19.7. The monoisotopic (exact) mass is 397 g/mol. The molecule has 3 aromatic rings. The summed E-state index contributed by atoms with van der Waals surface area (Å²) >= 11 is 0. The first-order chi connectivity index (χ1) is 13.5. The Hall–Kier alpha value is -2.64. The summed E-state index contributed by atoms with van der Waals surface area (Å²) in [5, 5.41) is 3.99. The molecule has 1 amide bonds. The summed E-state index contributed by atoms with van der Waals surface area (Å²) in [6.07, 6.45) is 0.383. The summed E-state index contributed by atoms with van der Waals surface area (Å²) in [4.78, 5) is 16.2. The second kappa shape index (κ2) is 7.41. The number of aromatic amines is 1. The number of para-hydroxylation sites is 1. The van der Waals surface area contributed by atoms with Crippen LogP contribution in [-0.2, 0) is 34.3 Å². The quantitative estimate of drug-likeness (QED) is 0.694.